The van der Waals surface area contributed by atoms with Crippen molar-refractivity contribution in [2.75, 3.05) is 18.5 Å². The van der Waals surface area contributed by atoms with Crippen molar-refractivity contribution in [3.8, 4) is 11.1 Å². The highest BCUT2D eigenvalue weighted by Crippen LogP contribution is 2.40. The van der Waals surface area contributed by atoms with Crippen molar-refractivity contribution in [3.63, 3.8) is 0 Å². The van der Waals surface area contributed by atoms with Crippen LogP contribution in [0.3, 0.4) is 0 Å². The first-order chi connectivity index (χ1) is 20.7. The summed E-state index contributed by atoms with van der Waals surface area (Å²) in [4.78, 5) is 40.8. The van der Waals surface area contributed by atoms with Crippen LogP contribution in [0.2, 0.25) is 0 Å². The number of anilines is 1. The SMILES string of the molecule is CCc1cc(C(=O)NC)c2nccc(N3CCc4c(cc(Cn5ccnc5)cc4-c4cccnc4C(F)(F)F)C3=O)c2c1. The number of nitrogens with zero attached hydrogens (tertiary/aromatic N) is 5. The minimum absolute atomic E-state index is 0.0721. The number of aryl methyl sites for hydroxylation is 1. The molecule has 0 atom stereocenters. The van der Waals surface area contributed by atoms with Gasteiger partial charge in [-0.15, -0.1) is 0 Å². The minimum atomic E-state index is -4.68. The van der Waals surface area contributed by atoms with Gasteiger partial charge in [0.05, 0.1) is 23.1 Å². The number of nitrogens with one attached hydrogen (secondary N) is 1. The molecule has 5 aromatic rings. The summed E-state index contributed by atoms with van der Waals surface area (Å²) in [6.45, 7) is 2.51. The molecule has 218 valence electrons. The van der Waals surface area contributed by atoms with Gasteiger partial charge in [0.2, 0.25) is 0 Å². The Bertz CT molecular complexity index is 1870. The Morgan fingerprint density at radius 3 is 2.53 bits per heavy atom. The van der Waals surface area contributed by atoms with Gasteiger partial charge in [-0.2, -0.15) is 13.2 Å². The number of carbonyl (C=O) groups excluding carboxylic acids is 2. The number of carbonyl (C=O) groups is 2. The molecule has 0 radical (unpaired) electrons. The third-order valence-corrected chi connectivity index (χ3v) is 7.71. The Labute approximate surface area is 245 Å². The number of rotatable bonds is 6. The largest absolute Gasteiger partial charge is 0.433 e. The highest BCUT2D eigenvalue weighted by molar-refractivity contribution is 6.15. The summed E-state index contributed by atoms with van der Waals surface area (Å²) >= 11 is 0. The molecular formula is C32H27F3N6O2. The van der Waals surface area contributed by atoms with E-state index in [1.165, 1.54) is 12.1 Å². The molecule has 1 aliphatic heterocycles. The number of hydrogen-bond donors (Lipinski definition) is 1. The maximum atomic E-state index is 14.3. The van der Waals surface area contributed by atoms with Crippen molar-refractivity contribution in [1.29, 1.82) is 0 Å². The lowest BCUT2D eigenvalue weighted by molar-refractivity contribution is -0.140. The average Bonchev–Trinajstić information content (AvgIpc) is 3.52. The molecule has 0 bridgehead atoms. The summed E-state index contributed by atoms with van der Waals surface area (Å²) in [5, 5.41) is 3.31. The molecule has 43 heavy (non-hydrogen) atoms. The van der Waals surface area contributed by atoms with Gasteiger partial charge >= 0.3 is 6.18 Å². The summed E-state index contributed by atoms with van der Waals surface area (Å²) in [6, 6.07) is 11.8. The van der Waals surface area contributed by atoms with Crippen molar-refractivity contribution >= 4 is 28.4 Å². The number of amides is 2. The number of alkyl halides is 3. The van der Waals surface area contributed by atoms with Crippen LogP contribution >= 0.6 is 0 Å². The zero-order valence-electron chi connectivity index (χ0n) is 23.4. The van der Waals surface area contributed by atoms with E-state index in [1.807, 2.05) is 13.0 Å². The van der Waals surface area contributed by atoms with Crippen LogP contribution in [0.4, 0.5) is 18.9 Å². The van der Waals surface area contributed by atoms with Gasteiger partial charge in [-0.3, -0.25) is 19.6 Å². The van der Waals surface area contributed by atoms with Crippen LogP contribution in [0.5, 0.6) is 0 Å². The van der Waals surface area contributed by atoms with Crippen molar-refractivity contribution in [1.82, 2.24) is 24.8 Å². The maximum Gasteiger partial charge on any atom is 0.433 e. The first-order valence-corrected chi connectivity index (χ1v) is 13.8. The monoisotopic (exact) mass is 584 g/mol. The zero-order valence-corrected chi connectivity index (χ0v) is 23.4. The lowest BCUT2D eigenvalue weighted by atomic mass is 9.87. The summed E-state index contributed by atoms with van der Waals surface area (Å²) in [5.74, 6) is -0.630. The van der Waals surface area contributed by atoms with Crippen LogP contribution in [-0.2, 0) is 25.6 Å². The van der Waals surface area contributed by atoms with Crippen LogP contribution in [0, 0.1) is 0 Å². The molecule has 11 heteroatoms. The fourth-order valence-electron chi connectivity index (χ4n) is 5.71. The molecule has 0 unspecified atom stereocenters. The second kappa shape index (κ2) is 11.0. The number of benzene rings is 2. The van der Waals surface area contributed by atoms with E-state index >= 15 is 0 Å². The smallest absolute Gasteiger partial charge is 0.355 e. The molecule has 1 aliphatic rings. The van der Waals surface area contributed by atoms with Crippen molar-refractivity contribution in [2.45, 2.75) is 32.5 Å². The molecule has 0 fully saturated rings. The second-order valence-electron chi connectivity index (χ2n) is 10.3. The standard InChI is InChI=1S/C32H27F3N6O2/c1-3-19-13-25-27(6-9-38-28(25)26(14-19)30(42)36-2)41-11-7-21-23(22-5-4-8-39-29(22)32(33,34)35)15-20(16-24(21)31(41)43)17-40-12-10-37-18-40/h4-6,8-10,12-16,18H,3,7,11,17H2,1-2H3,(H,36,42). The lowest BCUT2D eigenvalue weighted by Gasteiger charge is -2.32. The van der Waals surface area contributed by atoms with Crippen LogP contribution in [-0.4, -0.2) is 44.9 Å². The third kappa shape index (κ3) is 5.11. The number of pyridine rings is 2. The molecule has 2 amide bonds. The topological polar surface area (TPSA) is 93.0 Å². The van der Waals surface area contributed by atoms with Gasteiger partial charge in [0.25, 0.3) is 11.8 Å². The van der Waals surface area contributed by atoms with E-state index < -0.39 is 11.9 Å². The van der Waals surface area contributed by atoms with Crippen LogP contribution in [0.25, 0.3) is 22.0 Å². The molecule has 6 rings (SSSR count). The Morgan fingerprint density at radius 2 is 1.81 bits per heavy atom. The second-order valence-corrected chi connectivity index (χ2v) is 10.3. The summed E-state index contributed by atoms with van der Waals surface area (Å²) < 4.78 is 44.0. The fraction of sp³-hybridized carbons (Fsp3) is 0.219. The Hall–Kier alpha value is -5.06. The number of hydrogen-bond acceptors (Lipinski definition) is 5. The number of imidazole rings is 1. The molecule has 8 nitrogen and oxygen atoms in total. The maximum absolute atomic E-state index is 14.3. The molecule has 0 spiro atoms. The van der Waals surface area contributed by atoms with Crippen LogP contribution in [0.15, 0.2) is 73.6 Å². The first kappa shape index (κ1) is 28.1. The van der Waals surface area contributed by atoms with Gasteiger partial charge in [0.15, 0.2) is 5.69 Å². The Kier molecular flexibility index (Phi) is 7.17. The molecule has 2 aromatic carbocycles. The number of fused-ring (bicyclic) bond motifs is 2. The Morgan fingerprint density at radius 1 is 1.00 bits per heavy atom. The van der Waals surface area contributed by atoms with Crippen LogP contribution < -0.4 is 10.2 Å². The molecule has 1 N–H and O–H groups in total. The van der Waals surface area contributed by atoms with Gasteiger partial charge in [-0.1, -0.05) is 13.0 Å². The van der Waals surface area contributed by atoms with E-state index in [1.54, 1.807) is 65.7 Å². The highest BCUT2D eigenvalue weighted by atomic mass is 19.4. The van der Waals surface area contributed by atoms with Crippen molar-refractivity contribution < 1.29 is 22.8 Å². The summed E-state index contributed by atoms with van der Waals surface area (Å²) in [7, 11) is 1.55. The Balaban J connectivity index is 1.53. The van der Waals surface area contributed by atoms with E-state index in [-0.39, 0.29) is 23.9 Å². The van der Waals surface area contributed by atoms with Crippen molar-refractivity contribution in [2.24, 2.45) is 0 Å². The van der Waals surface area contributed by atoms with Gasteiger partial charge in [-0.25, -0.2) is 4.98 Å². The summed E-state index contributed by atoms with van der Waals surface area (Å²) in [5.41, 5.74) is 3.12. The lowest BCUT2D eigenvalue weighted by Crippen LogP contribution is -2.38. The third-order valence-electron chi connectivity index (χ3n) is 7.71. The molecule has 0 saturated carbocycles. The van der Waals surface area contributed by atoms with E-state index in [2.05, 4.69) is 20.3 Å². The fourth-order valence-corrected chi connectivity index (χ4v) is 5.71. The molecule has 0 aliphatic carbocycles. The van der Waals surface area contributed by atoms with Crippen molar-refractivity contribution in [3.05, 3.63) is 107 Å². The molecule has 0 saturated heterocycles. The van der Waals surface area contributed by atoms with Crippen LogP contribution in [0.1, 0.15) is 50.0 Å². The van der Waals surface area contributed by atoms with Gasteiger partial charge in [0.1, 0.15) is 0 Å². The van der Waals surface area contributed by atoms with Gasteiger partial charge in [-0.05, 0) is 71.5 Å². The minimum Gasteiger partial charge on any atom is -0.355 e. The molecular weight excluding hydrogens is 557 g/mol. The number of aromatic nitrogens is 4. The predicted molar refractivity (Wildman–Crippen MR) is 156 cm³/mol. The predicted octanol–water partition coefficient (Wildman–Crippen LogP) is 5.69. The molecule has 4 heterocycles. The summed E-state index contributed by atoms with van der Waals surface area (Å²) in [6.07, 6.45) is 3.95. The van der Waals surface area contributed by atoms with E-state index in [0.717, 1.165) is 11.8 Å². The molecule has 3 aromatic heterocycles. The van der Waals surface area contributed by atoms with E-state index in [0.29, 0.717) is 63.8 Å². The first-order valence-electron chi connectivity index (χ1n) is 13.8. The van der Waals surface area contributed by atoms with Gasteiger partial charge < -0.3 is 14.8 Å². The number of halogens is 3. The zero-order chi connectivity index (χ0) is 30.3. The quantitative estimate of drug-likeness (QED) is 0.277. The van der Waals surface area contributed by atoms with E-state index in [4.69, 9.17) is 0 Å². The van der Waals surface area contributed by atoms with Gasteiger partial charge in [0, 0.05) is 61.4 Å². The highest BCUT2D eigenvalue weighted by Gasteiger charge is 2.37. The van der Waals surface area contributed by atoms with E-state index in [9.17, 15) is 22.8 Å². The average molecular weight is 585 g/mol. The normalized spacial score (nSPS) is 13.3.